The molecule has 0 saturated carbocycles. The van der Waals surface area contributed by atoms with Crippen LogP contribution in [0, 0.1) is 0 Å². The third-order valence-electron chi connectivity index (χ3n) is 2.51. The van der Waals surface area contributed by atoms with Gasteiger partial charge in [0.05, 0.1) is 18.7 Å². The number of hydrogen-bond acceptors (Lipinski definition) is 5. The number of benzene rings is 1. The Morgan fingerprint density at radius 2 is 1.90 bits per heavy atom. The minimum atomic E-state index is 0.100. The van der Waals surface area contributed by atoms with E-state index in [4.69, 9.17) is 32.4 Å². The summed E-state index contributed by atoms with van der Waals surface area (Å²) in [6.07, 6.45) is 0. The lowest BCUT2D eigenvalue weighted by Crippen LogP contribution is -1.96. The zero-order chi connectivity index (χ0) is 14.8. The Hall–Kier alpha value is -1.08. The fourth-order valence-corrected chi connectivity index (χ4v) is 3.41. The number of para-hydroxylation sites is 1. The lowest BCUT2D eigenvalue weighted by Gasteiger charge is -2.06. The van der Waals surface area contributed by atoms with Crippen LogP contribution < -0.4 is 4.74 Å². The SMILES string of the molecule is Clc1cccc(Cl)c1OCc1nnc(-c2ccc(Br)s2)o1. The number of aromatic nitrogens is 2. The molecule has 0 amide bonds. The van der Waals surface area contributed by atoms with E-state index in [-0.39, 0.29) is 6.61 Å². The first kappa shape index (κ1) is 14.8. The summed E-state index contributed by atoms with van der Waals surface area (Å²) in [5.41, 5.74) is 0. The summed E-state index contributed by atoms with van der Waals surface area (Å²) >= 11 is 16.9. The molecule has 0 N–H and O–H groups in total. The van der Waals surface area contributed by atoms with E-state index in [1.165, 1.54) is 11.3 Å². The van der Waals surface area contributed by atoms with E-state index in [0.29, 0.717) is 27.6 Å². The van der Waals surface area contributed by atoms with E-state index in [0.717, 1.165) is 8.66 Å². The van der Waals surface area contributed by atoms with Gasteiger partial charge >= 0.3 is 0 Å². The van der Waals surface area contributed by atoms with Crippen LogP contribution >= 0.6 is 50.5 Å². The van der Waals surface area contributed by atoms with Gasteiger partial charge in [0.15, 0.2) is 12.4 Å². The molecule has 0 aliphatic heterocycles. The molecule has 0 bridgehead atoms. The predicted molar refractivity (Wildman–Crippen MR) is 86.1 cm³/mol. The largest absolute Gasteiger partial charge is 0.481 e. The van der Waals surface area contributed by atoms with Gasteiger partial charge in [-0.2, -0.15) is 0 Å². The van der Waals surface area contributed by atoms with Crippen molar-refractivity contribution in [3.63, 3.8) is 0 Å². The minimum Gasteiger partial charge on any atom is -0.481 e. The third kappa shape index (κ3) is 3.40. The molecule has 21 heavy (non-hydrogen) atoms. The number of ether oxygens (including phenoxy) is 1. The van der Waals surface area contributed by atoms with Crippen molar-refractivity contribution in [3.05, 3.63) is 50.1 Å². The molecule has 0 saturated heterocycles. The third-order valence-corrected chi connectivity index (χ3v) is 4.72. The van der Waals surface area contributed by atoms with Crippen LogP contribution in [-0.4, -0.2) is 10.2 Å². The molecule has 0 unspecified atom stereocenters. The maximum atomic E-state index is 6.02. The first-order chi connectivity index (χ1) is 10.1. The summed E-state index contributed by atoms with van der Waals surface area (Å²) < 4.78 is 12.1. The van der Waals surface area contributed by atoms with Crippen molar-refractivity contribution in [2.24, 2.45) is 0 Å². The number of thiophene rings is 1. The lowest BCUT2D eigenvalue weighted by molar-refractivity contribution is 0.265. The molecule has 0 aliphatic rings. The van der Waals surface area contributed by atoms with Crippen molar-refractivity contribution in [2.45, 2.75) is 6.61 Å². The van der Waals surface area contributed by atoms with E-state index in [1.807, 2.05) is 12.1 Å². The molecule has 0 aliphatic carbocycles. The molecule has 0 radical (unpaired) electrons. The molecule has 0 fully saturated rings. The Morgan fingerprint density at radius 3 is 2.57 bits per heavy atom. The summed E-state index contributed by atoms with van der Waals surface area (Å²) in [6.45, 7) is 0.100. The summed E-state index contributed by atoms with van der Waals surface area (Å²) in [5.74, 6) is 1.21. The fraction of sp³-hybridized carbons (Fsp3) is 0.0769. The molecular weight excluding hydrogens is 399 g/mol. The quantitative estimate of drug-likeness (QED) is 0.579. The molecule has 3 rings (SSSR count). The van der Waals surface area contributed by atoms with Crippen LogP contribution in [0.2, 0.25) is 10.0 Å². The van der Waals surface area contributed by atoms with Gasteiger partial charge in [-0.1, -0.05) is 29.3 Å². The predicted octanol–water partition coefficient (Wildman–Crippen LogP) is 5.45. The highest BCUT2D eigenvalue weighted by molar-refractivity contribution is 9.11. The molecule has 0 spiro atoms. The van der Waals surface area contributed by atoms with E-state index in [1.54, 1.807) is 18.2 Å². The van der Waals surface area contributed by atoms with Crippen molar-refractivity contribution in [2.75, 3.05) is 0 Å². The Balaban J connectivity index is 1.73. The number of rotatable bonds is 4. The Morgan fingerprint density at radius 1 is 1.14 bits per heavy atom. The average molecular weight is 406 g/mol. The van der Waals surface area contributed by atoms with Crippen molar-refractivity contribution < 1.29 is 9.15 Å². The van der Waals surface area contributed by atoms with Crippen molar-refractivity contribution in [1.29, 1.82) is 0 Å². The zero-order valence-electron chi connectivity index (χ0n) is 10.3. The zero-order valence-corrected chi connectivity index (χ0v) is 14.3. The van der Waals surface area contributed by atoms with Gasteiger partial charge in [0, 0.05) is 0 Å². The van der Waals surface area contributed by atoms with Gasteiger partial charge in [-0.15, -0.1) is 21.5 Å². The van der Waals surface area contributed by atoms with Gasteiger partial charge in [0.1, 0.15) is 0 Å². The Labute approximate surface area is 142 Å². The lowest BCUT2D eigenvalue weighted by atomic mass is 10.3. The molecule has 2 heterocycles. The van der Waals surface area contributed by atoms with Crippen LogP contribution in [0.5, 0.6) is 5.75 Å². The van der Waals surface area contributed by atoms with E-state index in [9.17, 15) is 0 Å². The first-order valence-corrected chi connectivity index (χ1v) is 8.15. The molecule has 108 valence electrons. The van der Waals surface area contributed by atoms with Gasteiger partial charge in [-0.05, 0) is 40.2 Å². The standard InChI is InChI=1S/C13H7BrCl2N2O2S/c14-10-5-4-9(21-10)13-18-17-11(20-13)6-19-12-7(15)2-1-3-8(12)16/h1-5H,6H2. The molecular formula is C13H7BrCl2N2O2S. The molecule has 4 nitrogen and oxygen atoms in total. The van der Waals surface area contributed by atoms with Gasteiger partial charge < -0.3 is 9.15 Å². The van der Waals surface area contributed by atoms with Crippen molar-refractivity contribution in [1.82, 2.24) is 10.2 Å². The summed E-state index contributed by atoms with van der Waals surface area (Å²) in [6, 6.07) is 8.97. The van der Waals surface area contributed by atoms with E-state index >= 15 is 0 Å². The molecule has 0 atom stereocenters. The second kappa shape index (κ2) is 6.36. The summed E-state index contributed by atoms with van der Waals surface area (Å²) in [7, 11) is 0. The second-order valence-corrected chi connectivity index (χ2v) is 7.22. The van der Waals surface area contributed by atoms with Gasteiger partial charge in [0.25, 0.3) is 11.8 Å². The Bertz CT molecular complexity index is 755. The van der Waals surface area contributed by atoms with Crippen LogP contribution in [0.4, 0.5) is 0 Å². The summed E-state index contributed by atoms with van der Waals surface area (Å²) in [5, 5.41) is 8.79. The highest BCUT2D eigenvalue weighted by Gasteiger charge is 2.13. The van der Waals surface area contributed by atoms with Crippen LogP contribution in [0.1, 0.15) is 5.89 Å². The van der Waals surface area contributed by atoms with E-state index < -0.39 is 0 Å². The van der Waals surface area contributed by atoms with Crippen molar-refractivity contribution >= 4 is 50.5 Å². The average Bonchev–Trinajstić information content (AvgIpc) is 3.07. The van der Waals surface area contributed by atoms with Crippen molar-refractivity contribution in [3.8, 4) is 16.5 Å². The molecule has 1 aromatic carbocycles. The highest BCUT2D eigenvalue weighted by atomic mass is 79.9. The monoisotopic (exact) mass is 404 g/mol. The molecule has 2 aromatic heterocycles. The van der Waals surface area contributed by atoms with Crippen LogP contribution in [0.25, 0.3) is 10.8 Å². The Kier molecular flexibility index (Phi) is 4.49. The van der Waals surface area contributed by atoms with Gasteiger partial charge in [0.2, 0.25) is 0 Å². The normalized spacial score (nSPS) is 10.8. The molecule has 8 heteroatoms. The number of halogens is 3. The smallest absolute Gasteiger partial charge is 0.257 e. The van der Waals surface area contributed by atoms with Crippen LogP contribution in [-0.2, 0) is 6.61 Å². The maximum Gasteiger partial charge on any atom is 0.257 e. The second-order valence-electron chi connectivity index (χ2n) is 3.94. The minimum absolute atomic E-state index is 0.100. The summed E-state index contributed by atoms with van der Waals surface area (Å²) in [4.78, 5) is 0.886. The molecule has 3 aromatic rings. The highest BCUT2D eigenvalue weighted by Crippen LogP contribution is 2.33. The number of nitrogens with zero attached hydrogens (tertiary/aromatic N) is 2. The fourth-order valence-electron chi connectivity index (χ4n) is 1.60. The van der Waals surface area contributed by atoms with Crippen LogP contribution in [0.15, 0.2) is 38.5 Å². The van der Waals surface area contributed by atoms with E-state index in [2.05, 4.69) is 26.1 Å². The number of hydrogen-bond donors (Lipinski definition) is 0. The maximum absolute atomic E-state index is 6.02. The topological polar surface area (TPSA) is 48.2 Å². The first-order valence-electron chi connectivity index (χ1n) is 5.78. The van der Waals surface area contributed by atoms with Gasteiger partial charge in [-0.3, -0.25) is 0 Å². The van der Waals surface area contributed by atoms with Crippen LogP contribution in [0.3, 0.4) is 0 Å². The van der Waals surface area contributed by atoms with Gasteiger partial charge in [-0.25, -0.2) is 0 Å².